The van der Waals surface area contributed by atoms with Crippen molar-refractivity contribution in [3.63, 3.8) is 0 Å². The zero-order chi connectivity index (χ0) is 16.2. The van der Waals surface area contributed by atoms with Crippen molar-refractivity contribution in [3.05, 3.63) is 65.2 Å². The number of benzene rings is 2. The Bertz CT molecular complexity index is 816. The summed E-state index contributed by atoms with van der Waals surface area (Å²) in [6.07, 6.45) is 0.798. The van der Waals surface area contributed by atoms with Crippen LogP contribution in [0.5, 0.6) is 0 Å². The van der Waals surface area contributed by atoms with Crippen LogP contribution in [0, 0.1) is 12.7 Å². The van der Waals surface area contributed by atoms with E-state index in [1.807, 2.05) is 6.92 Å². The first-order chi connectivity index (χ1) is 11.2. The van der Waals surface area contributed by atoms with E-state index in [2.05, 4.69) is 39.6 Å². The highest BCUT2D eigenvalue weighted by atomic mass is 19.1. The fourth-order valence-corrected chi connectivity index (χ4v) is 2.42. The summed E-state index contributed by atoms with van der Waals surface area (Å²) >= 11 is 0. The molecule has 0 spiro atoms. The largest absolute Gasteiger partial charge is 0.369 e. The van der Waals surface area contributed by atoms with E-state index in [1.165, 1.54) is 29.3 Å². The highest BCUT2D eigenvalue weighted by Crippen LogP contribution is 2.22. The van der Waals surface area contributed by atoms with Crippen LogP contribution >= 0.6 is 0 Å². The first-order valence-corrected chi connectivity index (χ1v) is 7.47. The van der Waals surface area contributed by atoms with Crippen molar-refractivity contribution in [1.29, 1.82) is 0 Å². The normalized spacial score (nSPS) is 10.9. The van der Waals surface area contributed by atoms with Crippen LogP contribution in [-0.4, -0.2) is 16.5 Å². The third kappa shape index (κ3) is 3.62. The van der Waals surface area contributed by atoms with Gasteiger partial charge in [-0.15, -0.1) is 0 Å². The molecule has 0 aliphatic heterocycles. The van der Waals surface area contributed by atoms with Crippen LogP contribution in [0.15, 0.2) is 42.5 Å². The fraction of sp³-hybridized carbons (Fsp3) is 0.222. The second kappa shape index (κ2) is 6.69. The number of anilines is 1. The van der Waals surface area contributed by atoms with E-state index in [4.69, 9.17) is 0 Å². The first kappa shape index (κ1) is 15.3. The van der Waals surface area contributed by atoms with Gasteiger partial charge >= 0.3 is 0 Å². The Morgan fingerprint density at radius 3 is 2.57 bits per heavy atom. The Labute approximate surface area is 133 Å². The summed E-state index contributed by atoms with van der Waals surface area (Å²) in [4.78, 5) is 8.22. The van der Waals surface area contributed by atoms with E-state index in [9.17, 15) is 8.78 Å². The van der Waals surface area contributed by atoms with E-state index in [1.54, 1.807) is 0 Å². The molecule has 0 aliphatic rings. The van der Waals surface area contributed by atoms with Crippen molar-refractivity contribution >= 4 is 16.7 Å². The van der Waals surface area contributed by atoms with Crippen molar-refractivity contribution in [2.45, 2.75) is 20.0 Å². The van der Waals surface area contributed by atoms with Gasteiger partial charge in [-0.3, -0.25) is 0 Å². The maximum atomic E-state index is 13.5. The second-order valence-electron chi connectivity index (χ2n) is 5.45. The number of nitrogens with zero attached hydrogens (tertiary/aromatic N) is 2. The Hall–Kier alpha value is -2.56. The van der Waals surface area contributed by atoms with E-state index in [0.29, 0.717) is 23.3 Å². The van der Waals surface area contributed by atoms with Gasteiger partial charge in [-0.1, -0.05) is 29.8 Å². The van der Waals surface area contributed by atoms with E-state index < -0.39 is 6.67 Å². The third-order valence-electron chi connectivity index (χ3n) is 3.65. The number of rotatable bonds is 5. The molecule has 0 bridgehead atoms. The minimum Gasteiger partial charge on any atom is -0.369 e. The van der Waals surface area contributed by atoms with Gasteiger partial charge in [0.1, 0.15) is 18.3 Å². The number of nitrogens with one attached hydrogen (secondary N) is 1. The van der Waals surface area contributed by atoms with Gasteiger partial charge in [0, 0.05) is 11.9 Å². The molecule has 1 N–H and O–H groups in total. The maximum Gasteiger partial charge on any atom is 0.162 e. The van der Waals surface area contributed by atoms with Crippen LogP contribution in [0.1, 0.15) is 17.0 Å². The monoisotopic (exact) mass is 313 g/mol. The average molecular weight is 313 g/mol. The molecular formula is C18H17F2N3. The van der Waals surface area contributed by atoms with Gasteiger partial charge in [0.05, 0.1) is 5.52 Å². The molecular weight excluding hydrogens is 296 g/mol. The minimum atomic E-state index is -0.750. The number of hydrogen-bond acceptors (Lipinski definition) is 3. The number of fused-ring (bicyclic) bond motifs is 1. The molecule has 5 heteroatoms. The molecule has 0 radical (unpaired) electrons. The summed E-state index contributed by atoms with van der Waals surface area (Å²) in [5.41, 5.74) is 2.94. The van der Waals surface area contributed by atoms with E-state index >= 15 is 0 Å². The maximum absolute atomic E-state index is 13.5. The molecule has 0 amide bonds. The SMILES string of the molecule is Cc1ccc(CCNc2nc(CF)nc3ccc(F)cc23)cc1. The molecule has 1 aromatic heterocycles. The molecule has 0 saturated heterocycles. The van der Waals surface area contributed by atoms with Crippen LogP contribution < -0.4 is 5.32 Å². The Morgan fingerprint density at radius 1 is 1.04 bits per heavy atom. The molecule has 1 heterocycles. The molecule has 3 aromatic rings. The number of aromatic nitrogens is 2. The van der Waals surface area contributed by atoms with Gasteiger partial charge in [0.25, 0.3) is 0 Å². The summed E-state index contributed by atoms with van der Waals surface area (Å²) in [7, 11) is 0. The predicted octanol–water partition coefficient (Wildman–Crippen LogP) is 4.20. The smallest absolute Gasteiger partial charge is 0.162 e. The molecule has 118 valence electrons. The third-order valence-corrected chi connectivity index (χ3v) is 3.65. The molecule has 0 atom stereocenters. The molecule has 0 fully saturated rings. The molecule has 0 aliphatic carbocycles. The van der Waals surface area contributed by atoms with Gasteiger partial charge in [-0.25, -0.2) is 18.7 Å². The van der Waals surface area contributed by atoms with Gasteiger partial charge in [0.2, 0.25) is 0 Å². The van der Waals surface area contributed by atoms with Crippen molar-refractivity contribution in [1.82, 2.24) is 9.97 Å². The lowest BCUT2D eigenvalue weighted by atomic mass is 10.1. The lowest BCUT2D eigenvalue weighted by Gasteiger charge is -2.10. The lowest BCUT2D eigenvalue weighted by Crippen LogP contribution is -2.09. The quantitative estimate of drug-likeness (QED) is 0.767. The van der Waals surface area contributed by atoms with Crippen LogP contribution in [0.2, 0.25) is 0 Å². The molecule has 3 rings (SSSR count). The summed E-state index contributed by atoms with van der Waals surface area (Å²) in [5, 5.41) is 3.73. The van der Waals surface area contributed by atoms with Gasteiger partial charge < -0.3 is 5.32 Å². The second-order valence-corrected chi connectivity index (χ2v) is 5.45. The predicted molar refractivity (Wildman–Crippen MR) is 87.7 cm³/mol. The van der Waals surface area contributed by atoms with Crippen LogP contribution in [0.25, 0.3) is 10.9 Å². The summed E-state index contributed by atoms with van der Waals surface area (Å²) in [6.45, 7) is 1.92. The number of hydrogen-bond donors (Lipinski definition) is 1. The highest BCUT2D eigenvalue weighted by Gasteiger charge is 2.08. The average Bonchev–Trinajstić information content (AvgIpc) is 2.56. The summed E-state index contributed by atoms with van der Waals surface area (Å²) < 4.78 is 26.4. The molecule has 0 unspecified atom stereocenters. The van der Waals surface area contributed by atoms with E-state index in [0.717, 1.165) is 6.42 Å². The molecule has 2 aromatic carbocycles. The van der Waals surface area contributed by atoms with Gasteiger partial charge in [-0.2, -0.15) is 0 Å². The summed E-state index contributed by atoms with van der Waals surface area (Å²) in [5.74, 6) is 0.201. The van der Waals surface area contributed by atoms with E-state index in [-0.39, 0.29) is 11.6 Å². The van der Waals surface area contributed by atoms with Crippen LogP contribution in [-0.2, 0) is 13.1 Å². The van der Waals surface area contributed by atoms with Gasteiger partial charge in [-0.05, 0) is 37.1 Å². The van der Waals surface area contributed by atoms with Crippen molar-refractivity contribution < 1.29 is 8.78 Å². The topological polar surface area (TPSA) is 37.8 Å². The number of halogens is 2. The first-order valence-electron chi connectivity index (χ1n) is 7.47. The number of aryl methyl sites for hydroxylation is 1. The van der Waals surface area contributed by atoms with Crippen molar-refractivity contribution in [2.24, 2.45) is 0 Å². The Kier molecular flexibility index (Phi) is 4.46. The van der Waals surface area contributed by atoms with Crippen LogP contribution in [0.3, 0.4) is 0 Å². The molecule has 0 saturated carbocycles. The van der Waals surface area contributed by atoms with Crippen LogP contribution in [0.4, 0.5) is 14.6 Å². The van der Waals surface area contributed by atoms with Crippen molar-refractivity contribution in [3.8, 4) is 0 Å². The Morgan fingerprint density at radius 2 is 1.83 bits per heavy atom. The van der Waals surface area contributed by atoms with Gasteiger partial charge in [0.15, 0.2) is 5.82 Å². The zero-order valence-electron chi connectivity index (χ0n) is 12.8. The lowest BCUT2D eigenvalue weighted by molar-refractivity contribution is 0.467. The molecule has 23 heavy (non-hydrogen) atoms. The standard InChI is InChI=1S/C18H17F2N3/c1-12-2-4-13(5-3-12)8-9-21-18-15-10-14(20)6-7-16(15)22-17(11-19)23-18/h2-7,10H,8-9,11H2,1H3,(H,21,22,23). The summed E-state index contributed by atoms with van der Waals surface area (Å²) in [6, 6.07) is 12.5. The Balaban J connectivity index is 1.80. The number of alkyl halides is 1. The zero-order valence-corrected chi connectivity index (χ0v) is 12.8. The fourth-order valence-electron chi connectivity index (χ4n) is 2.42. The molecule has 3 nitrogen and oxygen atoms in total. The minimum absolute atomic E-state index is 0.0990. The highest BCUT2D eigenvalue weighted by molar-refractivity contribution is 5.89. The van der Waals surface area contributed by atoms with Crippen molar-refractivity contribution in [2.75, 3.05) is 11.9 Å².